The van der Waals surface area contributed by atoms with Crippen molar-refractivity contribution in [3.05, 3.63) is 22.2 Å². The third kappa shape index (κ3) is 3.48. The minimum absolute atomic E-state index is 0.205. The van der Waals surface area contributed by atoms with Crippen LogP contribution in [0.15, 0.2) is 16.6 Å². The van der Waals surface area contributed by atoms with E-state index in [-0.39, 0.29) is 5.75 Å². The van der Waals surface area contributed by atoms with Gasteiger partial charge in [-0.15, -0.1) is 11.6 Å². The van der Waals surface area contributed by atoms with Gasteiger partial charge in [0.15, 0.2) is 9.84 Å². The van der Waals surface area contributed by atoms with E-state index in [0.29, 0.717) is 29.9 Å². The molecule has 0 amide bonds. The van der Waals surface area contributed by atoms with Crippen LogP contribution in [0.4, 0.5) is 0 Å². The maximum atomic E-state index is 12.3. The molecule has 21 heavy (non-hydrogen) atoms. The number of alkyl halides is 1. The van der Waals surface area contributed by atoms with Crippen molar-refractivity contribution in [1.82, 2.24) is 0 Å². The Morgan fingerprint density at radius 2 is 1.90 bits per heavy atom. The van der Waals surface area contributed by atoms with E-state index < -0.39 is 20.5 Å². The summed E-state index contributed by atoms with van der Waals surface area (Å²) < 4.78 is 35.8. The molecule has 2 rings (SSSR count). The Morgan fingerprint density at radius 1 is 1.24 bits per heavy atom. The number of rotatable bonds is 4. The van der Waals surface area contributed by atoms with Crippen molar-refractivity contribution in [1.29, 1.82) is 0 Å². The van der Waals surface area contributed by atoms with E-state index in [1.165, 1.54) is 7.11 Å². The second-order valence-electron chi connectivity index (χ2n) is 5.03. The molecule has 1 fully saturated rings. The molecule has 1 saturated heterocycles. The largest absolute Gasteiger partial charge is 0.496 e. The fraction of sp³-hybridized carbons (Fsp3) is 0.571. The van der Waals surface area contributed by atoms with Gasteiger partial charge in [-0.2, -0.15) is 0 Å². The van der Waals surface area contributed by atoms with Gasteiger partial charge in [0.25, 0.3) is 0 Å². The highest BCUT2D eigenvalue weighted by Gasteiger charge is 2.37. The number of methoxy groups -OCH3 is 2. The van der Waals surface area contributed by atoms with Gasteiger partial charge in [0, 0.05) is 5.56 Å². The summed E-state index contributed by atoms with van der Waals surface area (Å²) in [6.07, 6.45) is 2.17. The normalized spacial score (nSPS) is 22.6. The zero-order valence-electron chi connectivity index (χ0n) is 11.9. The highest BCUT2D eigenvalue weighted by molar-refractivity contribution is 9.10. The quantitative estimate of drug-likeness (QED) is 0.727. The van der Waals surface area contributed by atoms with Crippen molar-refractivity contribution >= 4 is 37.4 Å². The Labute approximate surface area is 138 Å². The third-order valence-electron chi connectivity index (χ3n) is 3.76. The number of sulfone groups is 1. The molecule has 0 aliphatic carbocycles. The molecule has 0 spiro atoms. The lowest BCUT2D eigenvalue weighted by atomic mass is 10.0. The van der Waals surface area contributed by atoms with Crippen LogP contribution < -0.4 is 9.47 Å². The van der Waals surface area contributed by atoms with E-state index in [2.05, 4.69) is 15.9 Å². The van der Waals surface area contributed by atoms with Gasteiger partial charge in [0.2, 0.25) is 0 Å². The number of hydrogen-bond donors (Lipinski definition) is 0. The van der Waals surface area contributed by atoms with E-state index in [0.717, 1.165) is 10.9 Å². The maximum absolute atomic E-state index is 12.3. The second-order valence-corrected chi connectivity index (χ2v) is 8.70. The average Bonchev–Trinajstić information content (AvgIpc) is 2.45. The smallest absolute Gasteiger partial charge is 0.154 e. The van der Waals surface area contributed by atoms with Crippen LogP contribution in [0, 0.1) is 0 Å². The molecule has 2 atom stereocenters. The monoisotopic (exact) mass is 396 g/mol. The maximum Gasteiger partial charge on any atom is 0.154 e. The van der Waals surface area contributed by atoms with Crippen LogP contribution in [-0.4, -0.2) is 33.6 Å². The fourth-order valence-corrected chi connectivity index (χ4v) is 5.80. The van der Waals surface area contributed by atoms with Crippen LogP contribution in [0.25, 0.3) is 0 Å². The summed E-state index contributed by atoms with van der Waals surface area (Å²) in [7, 11) is -0.0747. The van der Waals surface area contributed by atoms with Gasteiger partial charge in [-0.3, -0.25) is 0 Å². The van der Waals surface area contributed by atoms with Gasteiger partial charge in [-0.1, -0.05) is 6.42 Å². The molecular weight excluding hydrogens is 380 g/mol. The second kappa shape index (κ2) is 6.75. The SMILES string of the molecule is COc1cc(C(Cl)C2CCCCS2(=O)=O)c(OC)cc1Br. The minimum Gasteiger partial charge on any atom is -0.496 e. The number of hydrogen-bond acceptors (Lipinski definition) is 4. The van der Waals surface area contributed by atoms with Crippen LogP contribution >= 0.6 is 27.5 Å². The molecule has 0 bridgehead atoms. The van der Waals surface area contributed by atoms with Crippen molar-refractivity contribution in [3.8, 4) is 11.5 Å². The summed E-state index contributed by atoms with van der Waals surface area (Å²) in [4.78, 5) is 0. The van der Waals surface area contributed by atoms with E-state index in [1.54, 1.807) is 19.2 Å². The van der Waals surface area contributed by atoms with Crippen LogP contribution in [-0.2, 0) is 9.84 Å². The number of ether oxygens (including phenoxy) is 2. The molecule has 1 aromatic rings. The molecule has 0 aromatic heterocycles. The van der Waals surface area contributed by atoms with Crippen molar-refractivity contribution in [2.45, 2.75) is 29.9 Å². The first-order valence-electron chi connectivity index (χ1n) is 6.67. The topological polar surface area (TPSA) is 52.6 Å². The van der Waals surface area contributed by atoms with Crippen LogP contribution in [0.2, 0.25) is 0 Å². The average molecular weight is 398 g/mol. The predicted octanol–water partition coefficient (Wildman–Crippen LogP) is 3.71. The van der Waals surface area contributed by atoms with Crippen LogP contribution in [0.1, 0.15) is 30.2 Å². The first kappa shape index (κ1) is 16.9. The first-order valence-corrected chi connectivity index (χ1v) is 9.62. The zero-order chi connectivity index (χ0) is 15.6. The Kier molecular flexibility index (Phi) is 5.43. The third-order valence-corrected chi connectivity index (χ3v) is 7.35. The Hall–Kier alpha value is -0.460. The Morgan fingerprint density at radius 3 is 2.48 bits per heavy atom. The molecule has 0 saturated carbocycles. The predicted molar refractivity (Wildman–Crippen MR) is 87.3 cm³/mol. The molecule has 1 aliphatic heterocycles. The minimum atomic E-state index is -3.17. The van der Waals surface area contributed by atoms with Crippen molar-refractivity contribution in [2.24, 2.45) is 0 Å². The van der Waals surface area contributed by atoms with E-state index in [9.17, 15) is 8.42 Å². The van der Waals surface area contributed by atoms with E-state index in [4.69, 9.17) is 21.1 Å². The molecule has 0 N–H and O–H groups in total. The zero-order valence-corrected chi connectivity index (χ0v) is 15.1. The molecule has 1 heterocycles. The lowest BCUT2D eigenvalue weighted by Gasteiger charge is -2.27. The summed E-state index contributed by atoms with van der Waals surface area (Å²) >= 11 is 9.89. The molecule has 1 aliphatic rings. The highest BCUT2D eigenvalue weighted by atomic mass is 79.9. The van der Waals surface area contributed by atoms with Crippen molar-refractivity contribution < 1.29 is 17.9 Å². The lowest BCUT2D eigenvalue weighted by molar-refractivity contribution is 0.395. The Balaban J connectivity index is 2.44. The molecule has 0 radical (unpaired) electrons. The number of benzene rings is 1. The van der Waals surface area contributed by atoms with Gasteiger partial charge in [-0.25, -0.2) is 8.42 Å². The van der Waals surface area contributed by atoms with Crippen LogP contribution in [0.5, 0.6) is 11.5 Å². The lowest BCUT2D eigenvalue weighted by Crippen LogP contribution is -2.32. The molecule has 1 aromatic carbocycles. The number of halogens is 2. The molecule has 2 unspecified atom stereocenters. The van der Waals surface area contributed by atoms with Crippen molar-refractivity contribution in [3.63, 3.8) is 0 Å². The molecular formula is C14H18BrClO4S. The summed E-state index contributed by atoms with van der Waals surface area (Å²) in [6.45, 7) is 0. The summed E-state index contributed by atoms with van der Waals surface area (Å²) in [5.74, 6) is 1.37. The first-order chi connectivity index (χ1) is 9.90. The van der Waals surface area contributed by atoms with E-state index >= 15 is 0 Å². The van der Waals surface area contributed by atoms with Gasteiger partial charge in [-0.05, 0) is 40.9 Å². The molecule has 7 heteroatoms. The van der Waals surface area contributed by atoms with Gasteiger partial charge < -0.3 is 9.47 Å². The summed E-state index contributed by atoms with van der Waals surface area (Å²) in [6, 6.07) is 3.49. The summed E-state index contributed by atoms with van der Waals surface area (Å²) in [5, 5.41) is -1.22. The molecule has 118 valence electrons. The van der Waals surface area contributed by atoms with Crippen molar-refractivity contribution in [2.75, 3.05) is 20.0 Å². The summed E-state index contributed by atoms with van der Waals surface area (Å²) in [5.41, 5.74) is 0.648. The van der Waals surface area contributed by atoms with Gasteiger partial charge in [0.05, 0.1) is 35.1 Å². The van der Waals surface area contributed by atoms with E-state index in [1.807, 2.05) is 0 Å². The standard InChI is InChI=1S/C14H18BrClO4S/c1-19-11-8-10(15)12(20-2)7-9(11)14(16)13-5-3-4-6-21(13,17)18/h7-8,13-14H,3-6H2,1-2H3. The van der Waals surface area contributed by atoms with Gasteiger partial charge in [0.1, 0.15) is 11.5 Å². The Bertz CT molecular complexity index is 618. The fourth-order valence-electron chi connectivity index (χ4n) is 2.61. The molecule has 4 nitrogen and oxygen atoms in total. The van der Waals surface area contributed by atoms with Crippen LogP contribution in [0.3, 0.4) is 0 Å². The highest BCUT2D eigenvalue weighted by Crippen LogP contribution is 2.43. The van der Waals surface area contributed by atoms with Gasteiger partial charge >= 0.3 is 0 Å².